The van der Waals surface area contributed by atoms with E-state index in [2.05, 4.69) is 15.3 Å². The number of H-pyrrole nitrogens is 1. The summed E-state index contributed by atoms with van der Waals surface area (Å²) in [6, 6.07) is 25.5. The Balaban J connectivity index is 1.48. The highest BCUT2D eigenvalue weighted by atomic mass is 32.1. The van der Waals surface area contributed by atoms with E-state index in [1.54, 1.807) is 10.9 Å². The SMILES string of the molecule is CC(C)Oc1cccc(-c2n[nH]c(=S)n2/N=C/c2ccc(OCc3ccccc3)cc2)c1. The van der Waals surface area contributed by atoms with Gasteiger partial charge in [-0.1, -0.05) is 42.5 Å². The summed E-state index contributed by atoms with van der Waals surface area (Å²) in [5.41, 5.74) is 2.91. The molecule has 0 unspecified atom stereocenters. The summed E-state index contributed by atoms with van der Waals surface area (Å²) < 4.78 is 13.6. The molecule has 1 heterocycles. The number of rotatable bonds is 8. The topological polar surface area (TPSA) is 64.4 Å². The molecule has 0 fully saturated rings. The summed E-state index contributed by atoms with van der Waals surface area (Å²) in [5, 5.41) is 11.7. The predicted molar refractivity (Wildman–Crippen MR) is 129 cm³/mol. The zero-order valence-corrected chi connectivity index (χ0v) is 18.8. The lowest BCUT2D eigenvalue weighted by Gasteiger charge is -2.10. The molecule has 1 aromatic heterocycles. The van der Waals surface area contributed by atoms with E-state index in [9.17, 15) is 0 Å². The van der Waals surface area contributed by atoms with Gasteiger partial charge in [-0.3, -0.25) is 0 Å². The number of nitrogens with one attached hydrogen (secondary N) is 1. The van der Waals surface area contributed by atoms with Crippen LogP contribution in [0.3, 0.4) is 0 Å². The Kier molecular flexibility index (Phi) is 6.77. The molecule has 0 saturated heterocycles. The largest absolute Gasteiger partial charge is 0.491 e. The number of nitrogens with zero attached hydrogens (tertiary/aromatic N) is 3. The normalized spacial score (nSPS) is 11.2. The Labute approximate surface area is 192 Å². The van der Waals surface area contributed by atoms with Gasteiger partial charge in [-0.25, -0.2) is 5.10 Å². The number of hydrogen-bond acceptors (Lipinski definition) is 5. The number of benzene rings is 3. The molecule has 0 radical (unpaired) electrons. The first-order valence-electron chi connectivity index (χ1n) is 10.3. The van der Waals surface area contributed by atoms with Gasteiger partial charge >= 0.3 is 0 Å². The Morgan fingerprint density at radius 2 is 1.78 bits per heavy atom. The lowest BCUT2D eigenvalue weighted by atomic mass is 10.2. The average molecular weight is 445 g/mol. The van der Waals surface area contributed by atoms with Crippen LogP contribution in [-0.4, -0.2) is 27.2 Å². The molecule has 32 heavy (non-hydrogen) atoms. The van der Waals surface area contributed by atoms with Crippen molar-refractivity contribution in [3.05, 3.63) is 94.8 Å². The van der Waals surface area contributed by atoms with Gasteiger partial charge in [0.1, 0.15) is 18.1 Å². The molecule has 4 aromatic rings. The number of hydrogen-bond donors (Lipinski definition) is 1. The minimum atomic E-state index is 0.0868. The van der Waals surface area contributed by atoms with Crippen LogP contribution in [0.1, 0.15) is 25.0 Å². The third kappa shape index (κ3) is 5.50. The first-order valence-corrected chi connectivity index (χ1v) is 10.7. The molecular formula is C25H24N4O2S. The fourth-order valence-corrected chi connectivity index (χ4v) is 3.26. The third-order valence-electron chi connectivity index (χ3n) is 4.57. The molecule has 1 N–H and O–H groups in total. The van der Waals surface area contributed by atoms with Gasteiger partial charge < -0.3 is 9.47 Å². The molecule has 4 rings (SSSR count). The van der Waals surface area contributed by atoms with Crippen molar-refractivity contribution >= 4 is 18.4 Å². The maximum absolute atomic E-state index is 5.84. The van der Waals surface area contributed by atoms with Gasteiger partial charge in [-0.2, -0.15) is 14.9 Å². The summed E-state index contributed by atoms with van der Waals surface area (Å²) in [6.07, 6.45) is 1.83. The standard InChI is InChI=1S/C25H24N4O2S/c1-18(2)31-23-10-6-9-21(15-23)24-27-28-25(32)29(24)26-16-19-11-13-22(14-12-19)30-17-20-7-4-3-5-8-20/h3-16,18H,17H2,1-2H3,(H,28,32)/b26-16+. The van der Waals surface area contributed by atoms with Crippen LogP contribution in [0.2, 0.25) is 0 Å². The maximum atomic E-state index is 5.84. The van der Waals surface area contributed by atoms with Gasteiger partial charge in [0.25, 0.3) is 0 Å². The van der Waals surface area contributed by atoms with Crippen molar-refractivity contribution in [2.45, 2.75) is 26.6 Å². The van der Waals surface area contributed by atoms with Crippen LogP contribution in [-0.2, 0) is 6.61 Å². The van der Waals surface area contributed by atoms with Gasteiger partial charge in [-0.15, -0.1) is 0 Å². The highest BCUT2D eigenvalue weighted by Gasteiger charge is 2.10. The number of aromatic amines is 1. The van der Waals surface area contributed by atoms with E-state index in [1.807, 2.05) is 92.7 Å². The van der Waals surface area contributed by atoms with Crippen molar-refractivity contribution in [1.82, 2.24) is 14.9 Å². The van der Waals surface area contributed by atoms with Crippen LogP contribution in [0.15, 0.2) is 84.0 Å². The molecule has 0 aliphatic heterocycles. The van der Waals surface area contributed by atoms with E-state index in [-0.39, 0.29) is 6.10 Å². The second kappa shape index (κ2) is 10.1. The number of aromatic nitrogens is 3. The highest BCUT2D eigenvalue weighted by Crippen LogP contribution is 2.23. The molecule has 7 heteroatoms. The van der Waals surface area contributed by atoms with Crippen LogP contribution in [0.25, 0.3) is 11.4 Å². The molecule has 162 valence electrons. The Morgan fingerprint density at radius 1 is 1.00 bits per heavy atom. The Hall–Kier alpha value is -3.71. The molecule has 0 aliphatic carbocycles. The third-order valence-corrected chi connectivity index (χ3v) is 4.83. The van der Waals surface area contributed by atoms with Crippen molar-refractivity contribution in [2.75, 3.05) is 0 Å². The van der Waals surface area contributed by atoms with Crippen molar-refractivity contribution in [3.63, 3.8) is 0 Å². The monoisotopic (exact) mass is 444 g/mol. The van der Waals surface area contributed by atoms with Gasteiger partial charge in [0.05, 0.1) is 12.3 Å². The van der Waals surface area contributed by atoms with Gasteiger partial charge in [0.2, 0.25) is 4.77 Å². The predicted octanol–water partition coefficient (Wildman–Crippen LogP) is 5.86. The first kappa shape index (κ1) is 21.5. The van der Waals surface area contributed by atoms with Crippen LogP contribution in [0, 0.1) is 4.77 Å². The second-order valence-corrected chi connectivity index (χ2v) is 7.83. The Bertz CT molecular complexity index is 1240. The van der Waals surface area contributed by atoms with E-state index in [1.165, 1.54) is 0 Å². The first-order chi connectivity index (χ1) is 15.6. The minimum absolute atomic E-state index is 0.0868. The van der Waals surface area contributed by atoms with Crippen molar-refractivity contribution in [1.29, 1.82) is 0 Å². The fraction of sp³-hybridized carbons (Fsp3) is 0.160. The van der Waals surface area contributed by atoms with Gasteiger partial charge in [0, 0.05) is 5.56 Å². The number of ether oxygens (including phenoxy) is 2. The van der Waals surface area contributed by atoms with Crippen LogP contribution >= 0.6 is 12.2 Å². The van der Waals surface area contributed by atoms with Crippen LogP contribution in [0.4, 0.5) is 0 Å². The van der Waals surface area contributed by atoms with E-state index < -0.39 is 0 Å². The zero-order chi connectivity index (χ0) is 22.3. The van der Waals surface area contributed by atoms with Crippen molar-refractivity contribution in [3.8, 4) is 22.9 Å². The molecule has 0 spiro atoms. The van der Waals surface area contributed by atoms with Gasteiger partial charge in [-0.05, 0) is 73.6 Å². The van der Waals surface area contributed by atoms with Crippen LogP contribution < -0.4 is 9.47 Å². The van der Waals surface area contributed by atoms with E-state index >= 15 is 0 Å². The zero-order valence-electron chi connectivity index (χ0n) is 17.9. The summed E-state index contributed by atoms with van der Waals surface area (Å²) in [5.74, 6) is 2.19. The van der Waals surface area contributed by atoms with Crippen molar-refractivity contribution in [2.24, 2.45) is 5.10 Å². The average Bonchev–Trinajstić information content (AvgIpc) is 3.18. The summed E-state index contributed by atoms with van der Waals surface area (Å²) in [6.45, 7) is 4.51. The Morgan fingerprint density at radius 3 is 2.53 bits per heavy atom. The quantitative estimate of drug-likeness (QED) is 0.273. The molecule has 0 saturated carbocycles. The van der Waals surface area contributed by atoms with Crippen LogP contribution in [0.5, 0.6) is 11.5 Å². The van der Waals surface area contributed by atoms with E-state index in [0.29, 0.717) is 17.2 Å². The minimum Gasteiger partial charge on any atom is -0.491 e. The fourth-order valence-electron chi connectivity index (χ4n) is 3.08. The summed E-state index contributed by atoms with van der Waals surface area (Å²) >= 11 is 5.37. The smallest absolute Gasteiger partial charge is 0.216 e. The molecule has 0 amide bonds. The maximum Gasteiger partial charge on any atom is 0.216 e. The highest BCUT2D eigenvalue weighted by molar-refractivity contribution is 7.71. The van der Waals surface area contributed by atoms with Gasteiger partial charge in [0.15, 0.2) is 5.82 Å². The molecule has 0 aliphatic rings. The summed E-state index contributed by atoms with van der Waals surface area (Å²) in [7, 11) is 0. The summed E-state index contributed by atoms with van der Waals surface area (Å²) in [4.78, 5) is 0. The lowest BCUT2D eigenvalue weighted by molar-refractivity contribution is 0.242. The molecule has 6 nitrogen and oxygen atoms in total. The molecule has 0 atom stereocenters. The van der Waals surface area contributed by atoms with E-state index in [0.717, 1.165) is 28.2 Å². The lowest BCUT2D eigenvalue weighted by Crippen LogP contribution is -2.05. The van der Waals surface area contributed by atoms with E-state index in [4.69, 9.17) is 21.7 Å². The second-order valence-electron chi connectivity index (χ2n) is 7.45. The molecule has 3 aromatic carbocycles. The molecule has 0 bridgehead atoms. The molecular weight excluding hydrogens is 420 g/mol. The van der Waals surface area contributed by atoms with Crippen molar-refractivity contribution < 1.29 is 9.47 Å².